The van der Waals surface area contributed by atoms with Crippen LogP contribution in [0.1, 0.15) is 16.1 Å². The fraction of sp³-hybridized carbons (Fsp3) is 0. The van der Waals surface area contributed by atoms with Crippen LogP contribution in [0, 0.1) is 11.3 Å². The molecule has 0 unspecified atom stereocenters. The van der Waals surface area contributed by atoms with Crippen molar-refractivity contribution in [2.45, 2.75) is 0 Å². The minimum absolute atomic E-state index is 0.214. The molecule has 0 fully saturated rings. The van der Waals surface area contributed by atoms with E-state index in [0.29, 0.717) is 16.9 Å². The topological polar surface area (TPSA) is 105 Å². The number of nitrogens with zero attached hydrogens (tertiary/aromatic N) is 3. The molecule has 3 N–H and O–H groups in total. The molecule has 3 aromatic rings. The summed E-state index contributed by atoms with van der Waals surface area (Å²) in [6.07, 6.45) is 3.11. The Kier molecular flexibility index (Phi) is 3.99. The Morgan fingerprint density at radius 1 is 1.26 bits per heavy atom. The van der Waals surface area contributed by atoms with Gasteiger partial charge in [-0.25, -0.2) is 4.98 Å². The van der Waals surface area contributed by atoms with Crippen molar-refractivity contribution in [3.63, 3.8) is 0 Å². The molecule has 0 aliphatic rings. The predicted molar refractivity (Wildman–Crippen MR) is 88.9 cm³/mol. The molecule has 0 saturated carbocycles. The molecule has 3 rings (SSSR count). The van der Waals surface area contributed by atoms with Crippen LogP contribution in [0.15, 0.2) is 48.2 Å². The average Bonchev–Trinajstić information content (AvgIpc) is 3.11. The summed E-state index contributed by atoms with van der Waals surface area (Å²) in [5.41, 5.74) is 10.2. The van der Waals surface area contributed by atoms with Gasteiger partial charge in [-0.15, -0.1) is 11.3 Å². The van der Waals surface area contributed by atoms with Gasteiger partial charge in [0.15, 0.2) is 0 Å². The molecular weight excluding hydrogens is 310 g/mol. The first-order chi connectivity index (χ1) is 11.2. The van der Waals surface area contributed by atoms with Crippen molar-refractivity contribution in [3.05, 3.63) is 59.5 Å². The molecule has 0 saturated heterocycles. The van der Waals surface area contributed by atoms with Crippen molar-refractivity contribution >= 4 is 28.6 Å². The normalized spacial score (nSPS) is 10.0. The third-order valence-corrected chi connectivity index (χ3v) is 3.97. The summed E-state index contributed by atoms with van der Waals surface area (Å²) >= 11 is 1.50. The summed E-state index contributed by atoms with van der Waals surface area (Å²) < 4.78 is 0. The second-order valence-electron chi connectivity index (χ2n) is 4.67. The van der Waals surface area contributed by atoms with Gasteiger partial charge in [-0.1, -0.05) is 6.07 Å². The Balaban J connectivity index is 1.85. The monoisotopic (exact) mass is 321 g/mol. The molecule has 2 heterocycles. The van der Waals surface area contributed by atoms with Gasteiger partial charge in [0, 0.05) is 12.4 Å². The first-order valence-corrected chi connectivity index (χ1v) is 7.51. The summed E-state index contributed by atoms with van der Waals surface area (Å²) in [6, 6.07) is 10.4. The molecule has 0 bridgehead atoms. The Morgan fingerprint density at radius 2 is 2.13 bits per heavy atom. The number of nitrogens with one attached hydrogen (secondary N) is 1. The Labute approximate surface area is 136 Å². The van der Waals surface area contributed by atoms with Gasteiger partial charge in [-0.3, -0.25) is 9.78 Å². The van der Waals surface area contributed by atoms with E-state index in [-0.39, 0.29) is 11.6 Å². The van der Waals surface area contributed by atoms with Crippen molar-refractivity contribution in [2.24, 2.45) is 0 Å². The molecule has 1 aromatic carbocycles. The average molecular weight is 321 g/mol. The summed E-state index contributed by atoms with van der Waals surface area (Å²) in [7, 11) is 0. The fourth-order valence-corrected chi connectivity index (χ4v) is 2.58. The molecule has 0 atom stereocenters. The zero-order valence-corrected chi connectivity index (χ0v) is 12.7. The Hall–Kier alpha value is -3.24. The molecule has 23 heavy (non-hydrogen) atoms. The van der Waals surface area contributed by atoms with Gasteiger partial charge in [-0.2, -0.15) is 5.26 Å². The lowest BCUT2D eigenvalue weighted by Crippen LogP contribution is -2.14. The van der Waals surface area contributed by atoms with Crippen LogP contribution >= 0.6 is 11.3 Å². The molecule has 0 aliphatic carbocycles. The maximum Gasteiger partial charge on any atom is 0.274 e. The third kappa shape index (κ3) is 3.17. The molecule has 7 heteroatoms. The van der Waals surface area contributed by atoms with Crippen LogP contribution in [0.25, 0.3) is 10.4 Å². The highest BCUT2D eigenvalue weighted by molar-refractivity contribution is 7.13. The van der Waals surface area contributed by atoms with Crippen molar-refractivity contribution in [1.29, 1.82) is 5.26 Å². The van der Waals surface area contributed by atoms with Crippen LogP contribution in [0.4, 0.5) is 11.4 Å². The van der Waals surface area contributed by atoms with Gasteiger partial charge < -0.3 is 11.1 Å². The number of nitrogens with two attached hydrogens (primary N) is 1. The smallest absolute Gasteiger partial charge is 0.274 e. The lowest BCUT2D eigenvalue weighted by Gasteiger charge is -2.09. The minimum atomic E-state index is -0.386. The van der Waals surface area contributed by atoms with Crippen LogP contribution < -0.4 is 11.1 Å². The van der Waals surface area contributed by atoms with Crippen LogP contribution in [0.3, 0.4) is 0 Å². The van der Waals surface area contributed by atoms with Crippen molar-refractivity contribution in [2.75, 3.05) is 11.1 Å². The second-order valence-corrected chi connectivity index (χ2v) is 5.55. The van der Waals surface area contributed by atoms with E-state index in [1.807, 2.05) is 12.1 Å². The third-order valence-electron chi connectivity index (χ3n) is 3.14. The van der Waals surface area contributed by atoms with E-state index >= 15 is 0 Å². The van der Waals surface area contributed by atoms with Gasteiger partial charge in [0.25, 0.3) is 5.91 Å². The maximum atomic E-state index is 12.2. The first kappa shape index (κ1) is 14.7. The number of thiazole rings is 1. The summed E-state index contributed by atoms with van der Waals surface area (Å²) in [4.78, 5) is 21.2. The summed E-state index contributed by atoms with van der Waals surface area (Å²) in [5, 5.41) is 11.5. The lowest BCUT2D eigenvalue weighted by molar-refractivity contribution is 0.102. The fourth-order valence-electron chi connectivity index (χ4n) is 1.96. The highest BCUT2D eigenvalue weighted by atomic mass is 32.1. The van der Waals surface area contributed by atoms with E-state index in [2.05, 4.69) is 15.3 Å². The molecule has 6 nitrogen and oxygen atoms in total. The predicted octanol–water partition coefficient (Wildman–Crippen LogP) is 2.91. The zero-order valence-electron chi connectivity index (χ0n) is 11.9. The van der Waals surface area contributed by atoms with E-state index < -0.39 is 0 Å². The number of pyridine rings is 1. The van der Waals surface area contributed by atoms with Crippen LogP contribution in [-0.4, -0.2) is 15.9 Å². The van der Waals surface area contributed by atoms with Crippen molar-refractivity contribution < 1.29 is 4.79 Å². The molecule has 2 aromatic heterocycles. The molecule has 0 spiro atoms. The number of carbonyl (C=O) groups is 1. The Bertz CT molecular complexity index is 882. The second kappa shape index (κ2) is 6.25. The van der Waals surface area contributed by atoms with Gasteiger partial charge in [0.2, 0.25) is 0 Å². The standard InChI is InChI=1S/C16H11N5OS/c17-6-10-1-4-13(20-7-10)16(22)21-14-5-11(2-3-12(14)18)15-8-19-9-23-15/h1-5,7-9H,18H2,(H,21,22). The number of hydrogen-bond acceptors (Lipinski definition) is 6. The van der Waals surface area contributed by atoms with E-state index in [1.165, 1.54) is 23.6 Å². The maximum absolute atomic E-state index is 12.2. The van der Waals surface area contributed by atoms with Crippen LogP contribution in [-0.2, 0) is 0 Å². The number of benzene rings is 1. The van der Waals surface area contributed by atoms with Crippen LogP contribution in [0.2, 0.25) is 0 Å². The number of aromatic nitrogens is 2. The van der Waals surface area contributed by atoms with Crippen molar-refractivity contribution in [3.8, 4) is 16.5 Å². The molecule has 1 amide bonds. The van der Waals surface area contributed by atoms with E-state index in [9.17, 15) is 4.79 Å². The van der Waals surface area contributed by atoms with Gasteiger partial charge in [0.05, 0.1) is 27.3 Å². The minimum Gasteiger partial charge on any atom is -0.397 e. The molecule has 112 valence electrons. The van der Waals surface area contributed by atoms with E-state index in [4.69, 9.17) is 11.0 Å². The van der Waals surface area contributed by atoms with Crippen LogP contribution in [0.5, 0.6) is 0 Å². The van der Waals surface area contributed by atoms with E-state index in [0.717, 1.165) is 10.4 Å². The van der Waals surface area contributed by atoms with Gasteiger partial charge in [-0.05, 0) is 29.8 Å². The molecule has 0 aliphatic heterocycles. The van der Waals surface area contributed by atoms with E-state index in [1.54, 1.807) is 29.9 Å². The number of hydrogen-bond donors (Lipinski definition) is 2. The number of rotatable bonds is 3. The van der Waals surface area contributed by atoms with Crippen molar-refractivity contribution in [1.82, 2.24) is 9.97 Å². The number of anilines is 2. The highest BCUT2D eigenvalue weighted by Crippen LogP contribution is 2.29. The number of amides is 1. The molecular formula is C16H11N5OS. The molecule has 0 radical (unpaired) electrons. The SMILES string of the molecule is N#Cc1ccc(C(=O)Nc2cc(-c3cncs3)ccc2N)nc1. The highest BCUT2D eigenvalue weighted by Gasteiger charge is 2.11. The van der Waals surface area contributed by atoms with Gasteiger partial charge >= 0.3 is 0 Å². The zero-order chi connectivity index (χ0) is 16.2. The lowest BCUT2D eigenvalue weighted by atomic mass is 10.1. The summed E-state index contributed by atoms with van der Waals surface area (Å²) in [5.74, 6) is -0.386. The largest absolute Gasteiger partial charge is 0.397 e. The Morgan fingerprint density at radius 3 is 2.78 bits per heavy atom. The number of carbonyl (C=O) groups excluding carboxylic acids is 1. The number of nitrogen functional groups attached to an aromatic ring is 1. The quantitative estimate of drug-likeness (QED) is 0.722. The summed E-state index contributed by atoms with van der Waals surface area (Å²) in [6.45, 7) is 0. The first-order valence-electron chi connectivity index (χ1n) is 6.63. The number of nitriles is 1. The van der Waals surface area contributed by atoms with Gasteiger partial charge in [0.1, 0.15) is 11.8 Å².